The highest BCUT2D eigenvalue weighted by Crippen LogP contribution is 2.43. The van der Waals surface area contributed by atoms with Gasteiger partial charge in [-0.3, -0.25) is 4.57 Å². The van der Waals surface area contributed by atoms with Crippen molar-refractivity contribution in [2.24, 2.45) is 0 Å². The van der Waals surface area contributed by atoms with Crippen LogP contribution in [0.15, 0.2) is 158 Å². The van der Waals surface area contributed by atoms with Crippen LogP contribution in [0, 0.1) is 0 Å². The van der Waals surface area contributed by atoms with Crippen LogP contribution in [-0.4, -0.2) is 9.55 Å². The Hall–Kier alpha value is -5.55. The van der Waals surface area contributed by atoms with Crippen LogP contribution in [0.4, 0.5) is 0 Å². The molecule has 0 atom stereocenters. The molecule has 0 fully saturated rings. The van der Waals surface area contributed by atoms with Gasteiger partial charge in [-0.15, -0.1) is 22.7 Å². The minimum absolute atomic E-state index is 0.908. The van der Waals surface area contributed by atoms with Crippen molar-refractivity contribution in [2.75, 3.05) is 0 Å². The van der Waals surface area contributed by atoms with Crippen LogP contribution < -0.4 is 0 Å². The average molecular weight is 649 g/mol. The highest BCUT2D eigenvalue weighted by Gasteiger charge is 2.21. The van der Waals surface area contributed by atoms with Crippen molar-refractivity contribution in [1.29, 1.82) is 0 Å². The number of imidazole rings is 1. The Balaban J connectivity index is 1.05. The molecule has 0 amide bonds. The molecule has 7 aromatic carbocycles. The molecule has 0 unspecified atom stereocenters. The molecule has 0 aliphatic rings. The molecule has 3 aromatic heterocycles. The van der Waals surface area contributed by atoms with Crippen molar-refractivity contribution in [3.05, 3.63) is 168 Å². The zero-order chi connectivity index (χ0) is 31.6. The maximum Gasteiger partial charge on any atom is 0.145 e. The molecule has 0 radical (unpaired) electrons. The average Bonchev–Trinajstić information content (AvgIpc) is 3.92. The van der Waals surface area contributed by atoms with Gasteiger partial charge in [0.1, 0.15) is 5.82 Å². The number of hydrogen-bond acceptors (Lipinski definition) is 3. The van der Waals surface area contributed by atoms with Crippen molar-refractivity contribution >= 4 is 66.0 Å². The molecule has 0 saturated heterocycles. The predicted molar refractivity (Wildman–Crippen MR) is 206 cm³/mol. The van der Waals surface area contributed by atoms with E-state index in [0.717, 1.165) is 34.5 Å². The number of hydrogen-bond donors (Lipinski definition) is 0. The Morgan fingerprint density at radius 2 is 1.12 bits per heavy atom. The molecule has 10 rings (SSSR count). The lowest BCUT2D eigenvalue weighted by molar-refractivity contribution is 1.10. The molecule has 0 bridgehead atoms. The van der Waals surface area contributed by atoms with Gasteiger partial charge in [0.15, 0.2) is 0 Å². The van der Waals surface area contributed by atoms with Crippen molar-refractivity contribution in [1.82, 2.24) is 9.55 Å². The number of para-hydroxylation sites is 1. The lowest BCUT2D eigenvalue weighted by Crippen LogP contribution is -1.98. The standard InChI is InChI=1S/C44H28N2S2/c1-3-9-29(10-4-1)37-25-26-39(48-37)38-24-23-34(47-38)27-28-17-19-32(20-18-28)44-45-42-35-15-7-11-30-21-22-31-12-8-16-36(41(31)40(30)35)43(42)46(44)33-13-5-2-6-14-33/h1-26H,27H2. The maximum atomic E-state index is 5.45. The van der Waals surface area contributed by atoms with Gasteiger partial charge in [-0.2, -0.15) is 0 Å². The van der Waals surface area contributed by atoms with Gasteiger partial charge in [0, 0.05) is 48.0 Å². The van der Waals surface area contributed by atoms with Crippen LogP contribution in [0.5, 0.6) is 0 Å². The molecule has 0 spiro atoms. The number of fused-ring (bicyclic) bond motifs is 3. The fourth-order valence-corrected chi connectivity index (χ4v) is 9.38. The Bertz CT molecular complexity index is 2730. The highest BCUT2D eigenvalue weighted by molar-refractivity contribution is 7.23. The van der Waals surface area contributed by atoms with Crippen molar-refractivity contribution < 1.29 is 0 Å². The van der Waals surface area contributed by atoms with Gasteiger partial charge in [0.05, 0.1) is 11.0 Å². The third-order valence-electron chi connectivity index (χ3n) is 9.45. The van der Waals surface area contributed by atoms with Gasteiger partial charge in [-0.25, -0.2) is 4.98 Å². The van der Waals surface area contributed by atoms with E-state index in [1.54, 1.807) is 0 Å². The SMILES string of the molecule is c1ccc(-c2ccc(-c3ccc(Cc4ccc(-c5nc6c7cccc8ccc9cccc(c9c87)c6n5-c5ccccc5)cc4)s3)s2)cc1. The van der Waals surface area contributed by atoms with E-state index in [1.807, 2.05) is 22.7 Å². The van der Waals surface area contributed by atoms with Crippen LogP contribution in [0.1, 0.15) is 10.4 Å². The van der Waals surface area contributed by atoms with Gasteiger partial charge in [-0.1, -0.05) is 121 Å². The normalized spacial score (nSPS) is 11.8. The zero-order valence-electron chi connectivity index (χ0n) is 25.9. The predicted octanol–water partition coefficient (Wildman–Crippen LogP) is 12.6. The summed E-state index contributed by atoms with van der Waals surface area (Å²) in [4.78, 5) is 10.8. The largest absolute Gasteiger partial charge is 0.292 e. The third kappa shape index (κ3) is 4.41. The summed E-state index contributed by atoms with van der Waals surface area (Å²) in [5.41, 5.74) is 7.01. The fourth-order valence-electron chi connectivity index (χ4n) is 7.24. The summed E-state index contributed by atoms with van der Waals surface area (Å²) < 4.78 is 2.37. The molecular formula is C44H28N2S2. The molecule has 0 saturated carbocycles. The second-order valence-corrected chi connectivity index (χ2v) is 14.6. The van der Waals surface area contributed by atoms with E-state index in [0.29, 0.717) is 0 Å². The maximum absolute atomic E-state index is 5.45. The van der Waals surface area contributed by atoms with Crippen LogP contribution in [0.2, 0.25) is 0 Å². The summed E-state index contributed by atoms with van der Waals surface area (Å²) in [6.07, 6.45) is 0.908. The molecule has 2 nitrogen and oxygen atoms in total. The summed E-state index contributed by atoms with van der Waals surface area (Å²) in [6.45, 7) is 0. The molecule has 0 aliphatic heterocycles. The van der Waals surface area contributed by atoms with Crippen LogP contribution in [0.25, 0.3) is 80.6 Å². The van der Waals surface area contributed by atoms with E-state index in [2.05, 4.69) is 162 Å². The zero-order valence-corrected chi connectivity index (χ0v) is 27.6. The fraction of sp³-hybridized carbons (Fsp3) is 0.0227. The van der Waals surface area contributed by atoms with Gasteiger partial charge in [0.25, 0.3) is 0 Å². The van der Waals surface area contributed by atoms with E-state index in [9.17, 15) is 0 Å². The van der Waals surface area contributed by atoms with Crippen LogP contribution >= 0.6 is 22.7 Å². The smallest absolute Gasteiger partial charge is 0.145 e. The lowest BCUT2D eigenvalue weighted by Gasteiger charge is -2.14. The molecule has 3 heterocycles. The molecule has 0 N–H and O–H groups in total. The number of rotatable bonds is 6. The monoisotopic (exact) mass is 648 g/mol. The topological polar surface area (TPSA) is 17.8 Å². The third-order valence-corrected chi connectivity index (χ3v) is 11.9. The number of aromatic nitrogens is 2. The highest BCUT2D eigenvalue weighted by atomic mass is 32.1. The molecule has 10 aromatic rings. The second-order valence-electron chi connectivity index (χ2n) is 12.3. The quantitative estimate of drug-likeness (QED) is 0.164. The first kappa shape index (κ1) is 27.6. The van der Waals surface area contributed by atoms with Gasteiger partial charge < -0.3 is 0 Å². The summed E-state index contributed by atoms with van der Waals surface area (Å²) >= 11 is 3.75. The Kier molecular flexibility index (Phi) is 6.33. The number of nitrogens with zero attached hydrogens (tertiary/aromatic N) is 2. The van der Waals surface area contributed by atoms with Gasteiger partial charge in [-0.05, 0) is 69.1 Å². The minimum Gasteiger partial charge on any atom is -0.292 e. The van der Waals surface area contributed by atoms with E-state index in [1.165, 1.54) is 63.0 Å². The van der Waals surface area contributed by atoms with Crippen LogP contribution in [0.3, 0.4) is 0 Å². The summed E-state index contributed by atoms with van der Waals surface area (Å²) in [5, 5.41) is 7.57. The number of benzene rings is 7. The van der Waals surface area contributed by atoms with Crippen LogP contribution in [-0.2, 0) is 6.42 Å². The van der Waals surface area contributed by atoms with E-state index in [-0.39, 0.29) is 0 Å². The first-order chi connectivity index (χ1) is 23.8. The molecule has 4 heteroatoms. The minimum atomic E-state index is 0.908. The van der Waals surface area contributed by atoms with E-state index in [4.69, 9.17) is 4.98 Å². The summed E-state index contributed by atoms with van der Waals surface area (Å²) in [6, 6.07) is 57.2. The Morgan fingerprint density at radius 1 is 0.479 bits per heavy atom. The lowest BCUT2D eigenvalue weighted by atomic mass is 9.93. The first-order valence-corrected chi connectivity index (χ1v) is 17.9. The molecule has 48 heavy (non-hydrogen) atoms. The van der Waals surface area contributed by atoms with Gasteiger partial charge in [0.2, 0.25) is 0 Å². The molecule has 226 valence electrons. The number of thiophene rings is 2. The summed E-state index contributed by atoms with van der Waals surface area (Å²) in [7, 11) is 0. The molecular weight excluding hydrogens is 621 g/mol. The first-order valence-electron chi connectivity index (χ1n) is 16.3. The Morgan fingerprint density at radius 3 is 1.90 bits per heavy atom. The Labute approximate surface area is 286 Å². The van der Waals surface area contributed by atoms with Crippen molar-refractivity contribution in [2.45, 2.75) is 6.42 Å². The van der Waals surface area contributed by atoms with Crippen molar-refractivity contribution in [3.63, 3.8) is 0 Å². The molecule has 0 aliphatic carbocycles. The summed E-state index contributed by atoms with van der Waals surface area (Å²) in [5.74, 6) is 0.963. The van der Waals surface area contributed by atoms with Gasteiger partial charge >= 0.3 is 0 Å². The van der Waals surface area contributed by atoms with E-state index >= 15 is 0 Å². The van der Waals surface area contributed by atoms with E-state index < -0.39 is 0 Å². The second kappa shape index (κ2) is 11.0. The van der Waals surface area contributed by atoms with Crippen molar-refractivity contribution in [3.8, 4) is 37.3 Å².